The fourth-order valence-corrected chi connectivity index (χ4v) is 10.1. The SMILES string of the molecule is [C-]#[N+][C@@H]1CN(C(=O)[C@@H]2CC[C@@H]3CCCC[C@H](NC(=O)c4cc5cc([C@@H](F)P(=O)(OCOC(=O)OC(C)C)OCOC(=O)OC(C)C)ccc5s4)C(=O)N32)C[C@H]1c1cc[nH]c(=O)c1. The molecule has 3 aromatic rings. The van der Waals surface area contributed by atoms with Gasteiger partial charge in [-0.3, -0.25) is 32.8 Å². The molecule has 18 nitrogen and oxygen atoms in total. The summed E-state index contributed by atoms with van der Waals surface area (Å²) in [5, 5.41) is 3.26. The molecule has 3 aliphatic rings. The minimum atomic E-state index is -4.90. The normalized spacial score (nSPS) is 22.1. The number of carbonyl (C=O) groups excluding carboxylic acids is 5. The molecule has 3 saturated heterocycles. The Morgan fingerprint density at radius 1 is 0.935 bits per heavy atom. The molecule has 0 bridgehead atoms. The lowest BCUT2D eigenvalue weighted by atomic mass is 9.96. The number of halogens is 1. The highest BCUT2D eigenvalue weighted by Gasteiger charge is 2.49. The van der Waals surface area contributed by atoms with Gasteiger partial charge in [0, 0.05) is 29.5 Å². The van der Waals surface area contributed by atoms with Gasteiger partial charge in [0.2, 0.25) is 42.9 Å². The smallest absolute Gasteiger partial charge is 0.432 e. The number of alkyl halides is 1. The quantitative estimate of drug-likeness (QED) is 0.0741. The lowest BCUT2D eigenvalue weighted by Gasteiger charge is -2.36. The van der Waals surface area contributed by atoms with E-state index in [0.717, 1.165) is 17.8 Å². The number of carbonyl (C=O) groups is 5. The van der Waals surface area contributed by atoms with Crippen molar-refractivity contribution in [2.24, 2.45) is 0 Å². The number of benzene rings is 1. The van der Waals surface area contributed by atoms with Gasteiger partial charge in [-0.15, -0.1) is 11.3 Å². The Bertz CT molecular complexity index is 2270. The predicted octanol–water partition coefficient (Wildman–Crippen LogP) is 6.77. The maximum absolute atomic E-state index is 16.2. The molecule has 0 radical (unpaired) electrons. The van der Waals surface area contributed by atoms with Gasteiger partial charge in [-0.25, -0.2) is 20.6 Å². The Hall–Kier alpha value is -5.35. The first kappa shape index (κ1) is 46.2. The zero-order valence-corrected chi connectivity index (χ0v) is 36.3. The molecule has 21 heteroatoms. The summed E-state index contributed by atoms with van der Waals surface area (Å²) in [6.07, 6.45) is 1.64. The maximum Gasteiger partial charge on any atom is 0.510 e. The van der Waals surface area contributed by atoms with Gasteiger partial charge in [0.15, 0.2) is 0 Å². The number of ether oxygens (including phenoxy) is 4. The second-order valence-electron chi connectivity index (χ2n) is 15.7. The number of nitrogens with one attached hydrogen (secondary N) is 2. The van der Waals surface area contributed by atoms with Gasteiger partial charge < -0.3 is 43.9 Å². The molecular weight excluding hydrogens is 853 g/mol. The van der Waals surface area contributed by atoms with E-state index in [1.54, 1.807) is 43.6 Å². The predicted molar refractivity (Wildman–Crippen MR) is 221 cm³/mol. The number of fused-ring (bicyclic) bond motifs is 2. The molecule has 62 heavy (non-hydrogen) atoms. The van der Waals surface area contributed by atoms with Crippen LogP contribution in [0.5, 0.6) is 0 Å². The molecular formula is C41H49FN5O13PS. The van der Waals surface area contributed by atoms with Crippen LogP contribution < -0.4 is 10.9 Å². The van der Waals surface area contributed by atoms with Gasteiger partial charge in [-0.05, 0) is 94.2 Å². The number of rotatable bonds is 14. The first-order valence-corrected chi connectivity index (χ1v) is 22.7. The van der Waals surface area contributed by atoms with Crippen LogP contribution in [0.1, 0.15) is 98.8 Å². The number of hydrogen-bond acceptors (Lipinski definition) is 14. The Kier molecular flexibility index (Phi) is 15.1. The van der Waals surface area contributed by atoms with Crippen LogP contribution in [0.25, 0.3) is 14.9 Å². The molecule has 6 atom stereocenters. The largest absolute Gasteiger partial charge is 0.510 e. The van der Waals surface area contributed by atoms with Gasteiger partial charge in [0.25, 0.3) is 5.91 Å². The van der Waals surface area contributed by atoms with E-state index in [1.807, 2.05) is 0 Å². The summed E-state index contributed by atoms with van der Waals surface area (Å²) in [5.74, 6) is -4.03. The van der Waals surface area contributed by atoms with E-state index in [9.17, 15) is 33.3 Å². The standard InChI is InChI=1S/C41H49FN5O13PS/c1-23(2)59-40(52)55-21-57-61(54,58-22-56-41(53)60-24(3)4)36(42)26-10-13-33-27(16-26)17-34(62-33)37(49)45-30-9-7-6-8-28-11-12-32(47(28)38(30)50)39(51)46-19-29(31(20-46)43-5)25-14-15-44-35(48)18-25/h10,13-18,23-24,28-32,36H,6-9,11-12,19-22H2,1-4H3,(H,44,48)(H,45,49)/t28-,29-,30-,31+,32-,36-/m0/s1. The number of H-pyrrole nitrogens is 1. The van der Waals surface area contributed by atoms with Crippen molar-refractivity contribution >= 4 is 59.1 Å². The topological polar surface area (TPSA) is 214 Å². The van der Waals surface area contributed by atoms with Crippen LogP contribution in [-0.2, 0) is 42.1 Å². The Morgan fingerprint density at radius 3 is 2.26 bits per heavy atom. The van der Waals surface area contributed by atoms with Gasteiger partial charge in [-0.1, -0.05) is 18.9 Å². The molecule has 0 unspecified atom stereocenters. The second-order valence-corrected chi connectivity index (χ2v) is 18.9. The number of aromatic amines is 1. The number of likely N-dealkylation sites (tertiary alicyclic amines) is 1. The molecule has 0 spiro atoms. The summed E-state index contributed by atoms with van der Waals surface area (Å²) in [5.41, 5.74) is 0.174. The fourth-order valence-electron chi connectivity index (χ4n) is 7.89. The third-order valence-electron chi connectivity index (χ3n) is 10.7. The molecule has 2 N–H and O–H groups in total. The molecule has 0 saturated carbocycles. The van der Waals surface area contributed by atoms with Gasteiger partial charge in [0.1, 0.15) is 12.1 Å². The van der Waals surface area contributed by atoms with Crippen LogP contribution in [0.2, 0.25) is 0 Å². The van der Waals surface area contributed by atoms with Crippen molar-refractivity contribution in [3.63, 3.8) is 0 Å². The highest BCUT2D eigenvalue weighted by Crippen LogP contribution is 2.62. The van der Waals surface area contributed by atoms with E-state index in [-0.39, 0.29) is 52.9 Å². The first-order chi connectivity index (χ1) is 29.6. The third-order valence-corrected chi connectivity index (χ3v) is 13.6. The highest BCUT2D eigenvalue weighted by atomic mass is 32.1. The Labute approximate surface area is 360 Å². The molecule has 3 amide bonds. The lowest BCUT2D eigenvalue weighted by Crippen LogP contribution is -2.56. The molecule has 334 valence electrons. The van der Waals surface area contributed by atoms with Crippen molar-refractivity contribution in [1.29, 1.82) is 0 Å². The highest BCUT2D eigenvalue weighted by molar-refractivity contribution is 7.54. The summed E-state index contributed by atoms with van der Waals surface area (Å²) in [4.78, 5) is 87.8. The van der Waals surface area contributed by atoms with E-state index in [1.165, 1.54) is 36.5 Å². The molecule has 0 aliphatic carbocycles. The van der Waals surface area contributed by atoms with Crippen molar-refractivity contribution in [3.8, 4) is 0 Å². The zero-order valence-electron chi connectivity index (χ0n) is 34.6. The van der Waals surface area contributed by atoms with Crippen LogP contribution in [-0.4, -0.2) is 108 Å². The van der Waals surface area contributed by atoms with Crippen molar-refractivity contribution < 1.29 is 60.9 Å². The minimum absolute atomic E-state index is 0.171. The van der Waals surface area contributed by atoms with E-state index in [4.69, 9.17) is 34.6 Å². The van der Waals surface area contributed by atoms with E-state index >= 15 is 4.39 Å². The van der Waals surface area contributed by atoms with E-state index in [0.29, 0.717) is 47.8 Å². The van der Waals surface area contributed by atoms with Gasteiger partial charge >= 0.3 is 19.9 Å². The molecule has 3 fully saturated rings. The summed E-state index contributed by atoms with van der Waals surface area (Å²) in [6.45, 7) is 12.4. The number of nitrogens with zero attached hydrogens (tertiary/aromatic N) is 3. The molecule has 6 rings (SSSR count). The average Bonchev–Trinajstić information content (AvgIpc) is 3.97. The van der Waals surface area contributed by atoms with Crippen LogP contribution in [0.15, 0.2) is 47.4 Å². The number of thiophene rings is 1. The summed E-state index contributed by atoms with van der Waals surface area (Å²) < 4.78 is 59.9. The number of aromatic nitrogens is 1. The van der Waals surface area contributed by atoms with Crippen molar-refractivity contribution in [2.45, 2.75) is 114 Å². The lowest BCUT2D eigenvalue weighted by molar-refractivity contribution is -0.146. The third kappa shape index (κ3) is 11.0. The molecule has 5 heterocycles. The van der Waals surface area contributed by atoms with Crippen LogP contribution >= 0.6 is 18.9 Å². The summed E-state index contributed by atoms with van der Waals surface area (Å²) >= 11 is 1.08. The summed E-state index contributed by atoms with van der Waals surface area (Å²) in [6, 6.07) is 6.35. The fraction of sp³-hybridized carbons (Fsp3) is 0.537. The van der Waals surface area contributed by atoms with Crippen molar-refractivity contribution in [3.05, 3.63) is 80.4 Å². The Morgan fingerprint density at radius 2 is 1.61 bits per heavy atom. The summed E-state index contributed by atoms with van der Waals surface area (Å²) in [7, 11) is -4.90. The monoisotopic (exact) mass is 901 g/mol. The minimum Gasteiger partial charge on any atom is -0.432 e. The second kappa shape index (κ2) is 20.2. The molecule has 2 aromatic heterocycles. The average molecular weight is 902 g/mol. The van der Waals surface area contributed by atoms with Gasteiger partial charge in [-0.2, -0.15) is 0 Å². The van der Waals surface area contributed by atoms with Crippen LogP contribution in [0, 0.1) is 6.57 Å². The maximum atomic E-state index is 16.2. The van der Waals surface area contributed by atoms with Crippen LogP contribution in [0.3, 0.4) is 0 Å². The van der Waals surface area contributed by atoms with E-state index < -0.39 is 75.6 Å². The molecule has 1 aromatic carbocycles. The number of amides is 3. The van der Waals surface area contributed by atoms with Gasteiger partial charge in [0.05, 0.1) is 29.5 Å². The zero-order chi connectivity index (χ0) is 44.7. The van der Waals surface area contributed by atoms with E-state index in [2.05, 4.69) is 15.1 Å². The first-order valence-electron chi connectivity index (χ1n) is 20.3. The van der Waals surface area contributed by atoms with Crippen LogP contribution in [0.4, 0.5) is 14.0 Å². The Balaban J connectivity index is 1.15. The molecule has 3 aliphatic heterocycles. The van der Waals surface area contributed by atoms with Crippen molar-refractivity contribution in [2.75, 3.05) is 26.7 Å². The van der Waals surface area contributed by atoms with Crippen molar-refractivity contribution in [1.82, 2.24) is 20.1 Å². The number of hydrogen-bond donors (Lipinski definition) is 2. The number of pyridine rings is 1.